The van der Waals surface area contributed by atoms with E-state index in [4.69, 9.17) is 19.4 Å². The summed E-state index contributed by atoms with van der Waals surface area (Å²) in [5.74, 6) is 1.76. The molecule has 0 radical (unpaired) electrons. The molecular weight excluding hydrogens is 841 g/mol. The van der Waals surface area contributed by atoms with Gasteiger partial charge in [-0.1, -0.05) is 182 Å². The minimum Gasteiger partial charge on any atom is -0.456 e. The number of hydrogen-bond acceptors (Lipinski definition) is 4. The van der Waals surface area contributed by atoms with Gasteiger partial charge in [0, 0.05) is 43.9 Å². The summed E-state index contributed by atoms with van der Waals surface area (Å²) in [6.07, 6.45) is 0. The Morgan fingerprint density at radius 2 is 0.826 bits per heavy atom. The fourth-order valence-electron chi connectivity index (χ4n) is 11.7. The summed E-state index contributed by atoms with van der Waals surface area (Å²) >= 11 is 0. The molecule has 5 nitrogen and oxygen atoms in total. The van der Waals surface area contributed by atoms with Gasteiger partial charge in [0.2, 0.25) is 0 Å². The number of fused-ring (bicyclic) bond motifs is 16. The van der Waals surface area contributed by atoms with Crippen LogP contribution in [0.4, 0.5) is 0 Å². The third-order valence-electron chi connectivity index (χ3n) is 14.7. The van der Waals surface area contributed by atoms with E-state index in [0.717, 1.165) is 66.5 Å². The number of rotatable bonds is 5. The van der Waals surface area contributed by atoms with Crippen molar-refractivity contribution in [3.05, 3.63) is 253 Å². The largest absolute Gasteiger partial charge is 0.456 e. The van der Waals surface area contributed by atoms with Gasteiger partial charge in [-0.15, -0.1) is 0 Å². The van der Waals surface area contributed by atoms with Crippen LogP contribution in [0, 0.1) is 0 Å². The molecule has 1 spiro atoms. The van der Waals surface area contributed by atoms with Gasteiger partial charge < -0.3 is 8.98 Å². The average Bonchev–Trinajstić information content (AvgIpc) is 4.14. The highest BCUT2D eigenvalue weighted by molar-refractivity contribution is 6.13. The van der Waals surface area contributed by atoms with Crippen LogP contribution in [0.25, 0.3) is 117 Å². The van der Waals surface area contributed by atoms with Crippen LogP contribution in [0.2, 0.25) is 0 Å². The van der Waals surface area contributed by atoms with Crippen molar-refractivity contribution in [1.29, 1.82) is 0 Å². The molecule has 0 saturated heterocycles. The van der Waals surface area contributed by atoms with Crippen LogP contribution in [0.15, 0.2) is 235 Å². The molecular formula is C64H38N4O. The Kier molecular flexibility index (Phi) is 7.93. The minimum atomic E-state index is -0.460. The van der Waals surface area contributed by atoms with E-state index in [1.807, 2.05) is 24.3 Å². The van der Waals surface area contributed by atoms with Gasteiger partial charge >= 0.3 is 0 Å². The fourth-order valence-corrected chi connectivity index (χ4v) is 11.7. The smallest absolute Gasteiger partial charge is 0.164 e. The Morgan fingerprint density at radius 1 is 0.304 bits per heavy atom. The van der Waals surface area contributed by atoms with Crippen molar-refractivity contribution >= 4 is 43.7 Å². The second kappa shape index (κ2) is 14.4. The van der Waals surface area contributed by atoms with Gasteiger partial charge in [-0.05, 0) is 104 Å². The number of para-hydroxylation sites is 2. The molecule has 3 heterocycles. The maximum absolute atomic E-state index is 6.36. The van der Waals surface area contributed by atoms with Crippen molar-refractivity contribution in [2.24, 2.45) is 0 Å². The van der Waals surface area contributed by atoms with E-state index >= 15 is 0 Å². The summed E-state index contributed by atoms with van der Waals surface area (Å²) in [7, 11) is 0. The molecule has 3 aromatic heterocycles. The van der Waals surface area contributed by atoms with Gasteiger partial charge in [0.05, 0.1) is 16.4 Å². The van der Waals surface area contributed by atoms with Crippen molar-refractivity contribution in [2.45, 2.75) is 5.41 Å². The Balaban J connectivity index is 0.931. The van der Waals surface area contributed by atoms with Crippen LogP contribution >= 0.6 is 0 Å². The standard InChI is InChI=1S/C64H38N4O/c1-2-15-39(16-3-1)40-29-31-41(32-30-40)61-65-62(67-63(66-61)43-33-34-50-49-23-8-13-28-59(49)69-60(50)36-43)42-17-14-18-44(35-42)68-57-27-12-7-22-48(57)52-37-51-47-21-6-11-26-55(47)64(56(51)38-58(52)68)53-24-9-4-19-45(53)46-20-5-10-25-54(46)64/h1-38H. The maximum atomic E-state index is 6.36. The summed E-state index contributed by atoms with van der Waals surface area (Å²) in [5.41, 5.74) is 19.9. The molecule has 2 aliphatic carbocycles. The van der Waals surface area contributed by atoms with Crippen molar-refractivity contribution in [3.8, 4) is 73.2 Å². The first kappa shape index (κ1) is 38.0. The second-order valence-corrected chi connectivity index (χ2v) is 18.3. The van der Waals surface area contributed by atoms with E-state index in [1.54, 1.807) is 0 Å². The lowest BCUT2D eigenvalue weighted by Gasteiger charge is -2.30. The number of aromatic nitrogens is 4. The zero-order chi connectivity index (χ0) is 45.2. The van der Waals surface area contributed by atoms with Gasteiger partial charge in [0.25, 0.3) is 0 Å². The molecule has 0 bridgehead atoms. The molecule has 0 atom stereocenters. The Hall–Kier alpha value is -9.19. The third kappa shape index (κ3) is 5.44. The van der Waals surface area contributed by atoms with E-state index in [9.17, 15) is 0 Å². The van der Waals surface area contributed by atoms with Gasteiger partial charge in [-0.25, -0.2) is 15.0 Å². The highest BCUT2D eigenvalue weighted by atomic mass is 16.3. The first-order valence-corrected chi connectivity index (χ1v) is 23.5. The predicted molar refractivity (Wildman–Crippen MR) is 279 cm³/mol. The lowest BCUT2D eigenvalue weighted by molar-refractivity contribution is 0.669. The highest BCUT2D eigenvalue weighted by Gasteiger charge is 2.51. The zero-order valence-electron chi connectivity index (χ0n) is 37.1. The van der Waals surface area contributed by atoms with Crippen LogP contribution in [0.1, 0.15) is 22.3 Å². The molecule has 0 unspecified atom stereocenters. The topological polar surface area (TPSA) is 56.7 Å². The molecule has 13 aromatic rings. The van der Waals surface area contributed by atoms with E-state index in [2.05, 4.69) is 211 Å². The first-order chi connectivity index (χ1) is 34.2. The summed E-state index contributed by atoms with van der Waals surface area (Å²) in [6, 6.07) is 82.8. The summed E-state index contributed by atoms with van der Waals surface area (Å²) in [6.45, 7) is 0. The molecule has 0 amide bonds. The third-order valence-corrected chi connectivity index (χ3v) is 14.7. The van der Waals surface area contributed by atoms with Crippen LogP contribution < -0.4 is 0 Å². The van der Waals surface area contributed by atoms with Crippen LogP contribution in [-0.4, -0.2) is 19.5 Å². The summed E-state index contributed by atoms with van der Waals surface area (Å²) in [5, 5.41) is 4.56. The Bertz CT molecular complexity index is 4210. The fraction of sp³-hybridized carbons (Fsp3) is 0.0156. The van der Waals surface area contributed by atoms with Gasteiger partial charge in [-0.2, -0.15) is 0 Å². The summed E-state index contributed by atoms with van der Waals surface area (Å²) < 4.78 is 8.79. The van der Waals surface area contributed by atoms with Crippen LogP contribution in [-0.2, 0) is 5.41 Å². The minimum absolute atomic E-state index is 0.460. The summed E-state index contributed by atoms with van der Waals surface area (Å²) in [4.78, 5) is 15.7. The molecule has 10 aromatic carbocycles. The number of benzene rings is 10. The normalized spacial score (nSPS) is 13.0. The van der Waals surface area contributed by atoms with E-state index < -0.39 is 5.41 Å². The molecule has 0 fully saturated rings. The number of hydrogen-bond donors (Lipinski definition) is 0. The van der Waals surface area contributed by atoms with E-state index in [1.165, 1.54) is 55.3 Å². The van der Waals surface area contributed by atoms with Crippen molar-refractivity contribution in [2.75, 3.05) is 0 Å². The maximum Gasteiger partial charge on any atom is 0.164 e. The Labute approximate surface area is 397 Å². The molecule has 0 N–H and O–H groups in total. The quantitative estimate of drug-likeness (QED) is 0.173. The van der Waals surface area contributed by atoms with E-state index in [-0.39, 0.29) is 0 Å². The highest BCUT2D eigenvalue weighted by Crippen LogP contribution is 2.63. The van der Waals surface area contributed by atoms with Crippen molar-refractivity contribution in [1.82, 2.24) is 19.5 Å². The SMILES string of the molecule is c1ccc(-c2ccc(-c3nc(-c4cccc(-n5c6ccccc6c6cc7c(cc65)C5(c6ccccc6-c6ccccc65)c5ccccc5-7)c4)nc(-c4ccc5c(c4)oc4ccccc45)n3)cc2)cc1. The number of nitrogens with zero attached hydrogens (tertiary/aromatic N) is 4. The van der Waals surface area contributed by atoms with E-state index in [0.29, 0.717) is 17.5 Å². The monoisotopic (exact) mass is 878 g/mol. The molecule has 5 heteroatoms. The Morgan fingerprint density at radius 3 is 1.55 bits per heavy atom. The van der Waals surface area contributed by atoms with Crippen LogP contribution in [0.5, 0.6) is 0 Å². The molecule has 2 aliphatic rings. The van der Waals surface area contributed by atoms with Gasteiger partial charge in [-0.3, -0.25) is 0 Å². The lowest BCUT2D eigenvalue weighted by Crippen LogP contribution is -2.25. The van der Waals surface area contributed by atoms with Gasteiger partial charge in [0.1, 0.15) is 11.2 Å². The molecule has 0 saturated carbocycles. The van der Waals surface area contributed by atoms with Gasteiger partial charge in [0.15, 0.2) is 17.5 Å². The first-order valence-electron chi connectivity index (χ1n) is 23.5. The predicted octanol–water partition coefficient (Wildman–Crippen LogP) is 15.9. The van der Waals surface area contributed by atoms with Crippen LogP contribution in [0.3, 0.4) is 0 Å². The average molecular weight is 879 g/mol. The molecule has 15 rings (SSSR count). The molecule has 0 aliphatic heterocycles. The second-order valence-electron chi connectivity index (χ2n) is 18.3. The zero-order valence-corrected chi connectivity index (χ0v) is 37.1. The van der Waals surface area contributed by atoms with Crippen molar-refractivity contribution in [3.63, 3.8) is 0 Å². The molecule has 69 heavy (non-hydrogen) atoms. The number of furan rings is 1. The lowest BCUT2D eigenvalue weighted by atomic mass is 9.70. The molecule has 320 valence electrons. The van der Waals surface area contributed by atoms with Crippen molar-refractivity contribution < 1.29 is 4.42 Å².